The van der Waals surface area contributed by atoms with Gasteiger partial charge >= 0.3 is 5.97 Å². The summed E-state index contributed by atoms with van der Waals surface area (Å²) in [4.78, 5) is 10.5. The summed E-state index contributed by atoms with van der Waals surface area (Å²) >= 11 is 0. The average Bonchev–Trinajstić information content (AvgIpc) is 1.85. The molecule has 4 heteroatoms. The Morgan fingerprint density at radius 2 is 2.36 bits per heavy atom. The van der Waals surface area contributed by atoms with Crippen LogP contribution in [-0.4, -0.2) is 22.8 Å². The van der Waals surface area contributed by atoms with Crippen LogP contribution in [0.4, 0.5) is 0 Å². The van der Waals surface area contributed by atoms with E-state index in [9.17, 15) is 4.79 Å². The number of ether oxygens (including phenoxy) is 1. The van der Waals surface area contributed by atoms with Gasteiger partial charge in [0, 0.05) is 0 Å². The van der Waals surface area contributed by atoms with Crippen molar-refractivity contribution in [3.8, 4) is 0 Å². The Morgan fingerprint density at radius 3 is 2.73 bits per heavy atom. The van der Waals surface area contributed by atoms with Crippen LogP contribution in [0.3, 0.4) is 0 Å². The Hall–Kier alpha value is -1.03. The van der Waals surface area contributed by atoms with Crippen LogP contribution in [0.1, 0.15) is 13.8 Å². The predicted octanol–water partition coefficient (Wildman–Crippen LogP) is 0.309. The first-order valence-electron chi connectivity index (χ1n) is 3.36. The summed E-state index contributed by atoms with van der Waals surface area (Å²) in [7, 11) is 0. The summed E-state index contributed by atoms with van der Waals surface area (Å²) in [5.74, 6) is -0.891. The van der Waals surface area contributed by atoms with E-state index in [1.165, 1.54) is 12.3 Å². The molecule has 1 aliphatic rings. The van der Waals surface area contributed by atoms with Crippen LogP contribution in [0.2, 0.25) is 0 Å². The smallest absolute Gasteiger partial charge is 0.324 e. The minimum atomic E-state index is -0.891. The first-order valence-corrected chi connectivity index (χ1v) is 3.36. The second-order valence-corrected chi connectivity index (χ2v) is 2.92. The van der Waals surface area contributed by atoms with Crippen LogP contribution in [0, 0.1) is 0 Å². The number of hydrogen-bond acceptors (Lipinski definition) is 3. The molecule has 1 rings (SSSR count). The van der Waals surface area contributed by atoms with E-state index in [4.69, 9.17) is 9.84 Å². The van der Waals surface area contributed by atoms with Crippen LogP contribution < -0.4 is 5.32 Å². The summed E-state index contributed by atoms with van der Waals surface area (Å²) in [6.45, 7) is 3.54. The third kappa shape index (κ3) is 1.94. The fourth-order valence-corrected chi connectivity index (χ4v) is 0.889. The Kier molecular flexibility index (Phi) is 1.87. The molecule has 0 saturated heterocycles. The normalized spacial score (nSPS) is 27.6. The van der Waals surface area contributed by atoms with Crippen molar-refractivity contribution in [3.05, 3.63) is 12.3 Å². The molecule has 0 aliphatic carbocycles. The van der Waals surface area contributed by atoms with E-state index in [0.29, 0.717) is 0 Å². The van der Waals surface area contributed by atoms with Gasteiger partial charge in [0.1, 0.15) is 6.04 Å². The maximum atomic E-state index is 10.5. The highest BCUT2D eigenvalue weighted by Gasteiger charge is 2.28. The van der Waals surface area contributed by atoms with Gasteiger partial charge in [0.25, 0.3) is 0 Å². The van der Waals surface area contributed by atoms with E-state index in [1.54, 1.807) is 13.8 Å². The van der Waals surface area contributed by atoms with Gasteiger partial charge in [0.2, 0.25) is 0 Å². The maximum Gasteiger partial charge on any atom is 0.324 e. The SMILES string of the molecule is CC1(C)NC(C(=O)O)C=CO1. The molecule has 1 aliphatic heterocycles. The van der Waals surface area contributed by atoms with E-state index >= 15 is 0 Å². The fraction of sp³-hybridized carbons (Fsp3) is 0.571. The van der Waals surface area contributed by atoms with Crippen molar-refractivity contribution >= 4 is 5.97 Å². The van der Waals surface area contributed by atoms with Crippen LogP contribution in [-0.2, 0) is 9.53 Å². The summed E-state index contributed by atoms with van der Waals surface area (Å²) in [5, 5.41) is 11.4. The minimum Gasteiger partial charge on any atom is -0.481 e. The molecule has 11 heavy (non-hydrogen) atoms. The van der Waals surface area contributed by atoms with Crippen molar-refractivity contribution in [1.29, 1.82) is 0 Å². The number of carbonyl (C=O) groups is 1. The topological polar surface area (TPSA) is 58.6 Å². The quantitative estimate of drug-likeness (QED) is 0.575. The van der Waals surface area contributed by atoms with Gasteiger partial charge in [0.15, 0.2) is 5.72 Å². The van der Waals surface area contributed by atoms with Crippen molar-refractivity contribution in [2.24, 2.45) is 0 Å². The molecule has 62 valence electrons. The summed E-state index contributed by atoms with van der Waals surface area (Å²) in [5.41, 5.74) is -0.586. The number of carboxylic acid groups (broad SMARTS) is 1. The average molecular weight is 157 g/mol. The van der Waals surface area contributed by atoms with Crippen LogP contribution in [0.15, 0.2) is 12.3 Å². The molecule has 0 spiro atoms. The standard InChI is InChI=1S/C7H11NO3/c1-7(2)8-5(6(9)10)3-4-11-7/h3-5,8H,1-2H3,(H,9,10). The Labute approximate surface area is 64.9 Å². The first-order chi connectivity index (χ1) is 5.01. The molecule has 1 unspecified atom stereocenters. The van der Waals surface area contributed by atoms with Gasteiger partial charge in [-0.25, -0.2) is 0 Å². The van der Waals surface area contributed by atoms with Gasteiger partial charge in [-0.05, 0) is 19.9 Å². The molecule has 0 aromatic heterocycles. The first kappa shape index (κ1) is 8.07. The van der Waals surface area contributed by atoms with Crippen LogP contribution in [0.5, 0.6) is 0 Å². The van der Waals surface area contributed by atoms with Gasteiger partial charge in [0.05, 0.1) is 6.26 Å². The second-order valence-electron chi connectivity index (χ2n) is 2.92. The van der Waals surface area contributed by atoms with Crippen molar-refractivity contribution < 1.29 is 14.6 Å². The van der Waals surface area contributed by atoms with E-state index in [2.05, 4.69) is 5.32 Å². The molecule has 0 radical (unpaired) electrons. The molecule has 1 heterocycles. The number of carboxylic acids is 1. The zero-order valence-electron chi connectivity index (χ0n) is 6.50. The number of nitrogens with one attached hydrogen (secondary N) is 1. The lowest BCUT2D eigenvalue weighted by Gasteiger charge is -2.31. The predicted molar refractivity (Wildman–Crippen MR) is 38.9 cm³/mol. The lowest BCUT2D eigenvalue weighted by molar-refractivity contribution is -0.141. The van der Waals surface area contributed by atoms with Gasteiger partial charge in [-0.1, -0.05) is 0 Å². The van der Waals surface area contributed by atoms with E-state index in [1.807, 2.05) is 0 Å². The number of aliphatic carboxylic acids is 1. The molecule has 0 saturated carbocycles. The second kappa shape index (κ2) is 2.54. The van der Waals surface area contributed by atoms with E-state index < -0.39 is 17.7 Å². The molecule has 0 aromatic rings. The molecule has 4 nitrogen and oxygen atoms in total. The molecule has 1 atom stereocenters. The Balaban J connectivity index is 2.67. The third-order valence-corrected chi connectivity index (χ3v) is 1.40. The summed E-state index contributed by atoms with van der Waals surface area (Å²) in [6.07, 6.45) is 2.88. The Morgan fingerprint density at radius 1 is 1.73 bits per heavy atom. The number of rotatable bonds is 1. The zero-order valence-corrected chi connectivity index (χ0v) is 6.50. The molecule has 0 fully saturated rings. The Bertz CT molecular complexity index is 198. The van der Waals surface area contributed by atoms with Gasteiger partial charge in [-0.2, -0.15) is 0 Å². The fourth-order valence-electron chi connectivity index (χ4n) is 0.889. The zero-order chi connectivity index (χ0) is 8.48. The van der Waals surface area contributed by atoms with E-state index in [-0.39, 0.29) is 0 Å². The highest BCUT2D eigenvalue weighted by molar-refractivity contribution is 5.76. The summed E-state index contributed by atoms with van der Waals surface area (Å²) < 4.78 is 5.09. The molecule has 0 bridgehead atoms. The molecular weight excluding hydrogens is 146 g/mol. The largest absolute Gasteiger partial charge is 0.481 e. The monoisotopic (exact) mass is 157 g/mol. The highest BCUT2D eigenvalue weighted by atomic mass is 16.5. The maximum absolute atomic E-state index is 10.5. The van der Waals surface area contributed by atoms with Crippen LogP contribution >= 0.6 is 0 Å². The van der Waals surface area contributed by atoms with Crippen molar-refractivity contribution in [3.63, 3.8) is 0 Å². The van der Waals surface area contributed by atoms with Gasteiger partial charge in [-0.3, -0.25) is 10.1 Å². The minimum absolute atomic E-state index is 0.586. The molecule has 0 aromatic carbocycles. The lowest BCUT2D eigenvalue weighted by atomic mass is 10.2. The summed E-state index contributed by atoms with van der Waals surface area (Å²) in [6, 6.07) is -0.640. The molecule has 0 amide bonds. The lowest BCUT2D eigenvalue weighted by Crippen LogP contribution is -2.51. The molecule has 2 N–H and O–H groups in total. The van der Waals surface area contributed by atoms with E-state index in [0.717, 1.165) is 0 Å². The van der Waals surface area contributed by atoms with Gasteiger partial charge in [-0.15, -0.1) is 0 Å². The van der Waals surface area contributed by atoms with Crippen LogP contribution in [0.25, 0.3) is 0 Å². The third-order valence-electron chi connectivity index (χ3n) is 1.40. The molecular formula is C7H11NO3. The highest BCUT2D eigenvalue weighted by Crippen LogP contribution is 2.11. The van der Waals surface area contributed by atoms with Crippen molar-refractivity contribution in [2.45, 2.75) is 25.6 Å². The van der Waals surface area contributed by atoms with Crippen molar-refractivity contribution in [1.82, 2.24) is 5.32 Å². The van der Waals surface area contributed by atoms with Gasteiger partial charge < -0.3 is 9.84 Å². The number of hydrogen-bond donors (Lipinski definition) is 2. The van der Waals surface area contributed by atoms with Crippen molar-refractivity contribution in [2.75, 3.05) is 0 Å².